The number of hydrogen-bond acceptors (Lipinski definition) is 2. The largest absolute Gasteiger partial charge is 0.398 e. The Labute approximate surface area is 84.9 Å². The Kier molecular flexibility index (Phi) is 3.02. The number of hydrogen-bond donors (Lipinski definition) is 1. The summed E-state index contributed by atoms with van der Waals surface area (Å²) in [6, 6.07) is 3.77. The van der Waals surface area contributed by atoms with Crippen molar-refractivity contribution in [1.82, 2.24) is 0 Å². The molecule has 0 unspecified atom stereocenters. The molecular weight excluding hydrogens is 207 g/mol. The Bertz CT molecular complexity index is 385. The molecule has 15 heavy (non-hydrogen) atoms. The quantitative estimate of drug-likeness (QED) is 0.611. The van der Waals surface area contributed by atoms with Crippen molar-refractivity contribution in [1.29, 1.82) is 0 Å². The van der Waals surface area contributed by atoms with Gasteiger partial charge < -0.3 is 5.73 Å². The third-order valence-electron chi connectivity index (χ3n) is 1.90. The number of benzene rings is 1. The first-order chi connectivity index (χ1) is 6.79. The van der Waals surface area contributed by atoms with Crippen LogP contribution in [0.4, 0.5) is 18.9 Å². The van der Waals surface area contributed by atoms with Gasteiger partial charge in [-0.05, 0) is 24.6 Å². The number of rotatable bonds is 2. The van der Waals surface area contributed by atoms with Crippen LogP contribution < -0.4 is 5.73 Å². The summed E-state index contributed by atoms with van der Waals surface area (Å²) in [6.07, 6.45) is -5.29. The first kappa shape index (κ1) is 11.6. The van der Waals surface area contributed by atoms with Crippen molar-refractivity contribution in [3.8, 4) is 0 Å². The molecule has 0 spiro atoms. The number of halogens is 3. The third kappa shape index (κ3) is 3.27. The maximum atomic E-state index is 12.0. The maximum Gasteiger partial charge on any atom is 0.393 e. The van der Waals surface area contributed by atoms with Gasteiger partial charge in [-0.25, -0.2) is 0 Å². The number of nitrogens with two attached hydrogens (primary N) is 1. The minimum atomic E-state index is -4.26. The molecule has 0 amide bonds. The maximum absolute atomic E-state index is 12.0. The topological polar surface area (TPSA) is 43.1 Å². The highest BCUT2D eigenvalue weighted by Gasteiger charge is 2.27. The summed E-state index contributed by atoms with van der Waals surface area (Å²) in [6.45, 7) is 1.31. The number of ketones is 1. The molecule has 0 bridgehead atoms. The van der Waals surface area contributed by atoms with E-state index in [4.69, 9.17) is 5.73 Å². The lowest BCUT2D eigenvalue weighted by Gasteiger charge is -2.08. The predicted octanol–water partition coefficient (Wildman–Crippen LogP) is 2.58. The molecule has 82 valence electrons. The molecule has 0 saturated heterocycles. The normalized spacial score (nSPS) is 11.5. The van der Waals surface area contributed by atoms with Crippen LogP contribution in [0.2, 0.25) is 0 Å². The second-order valence-electron chi connectivity index (χ2n) is 3.27. The van der Waals surface area contributed by atoms with Gasteiger partial charge in [0.1, 0.15) is 0 Å². The summed E-state index contributed by atoms with van der Waals surface area (Å²) in [4.78, 5) is 11.0. The zero-order chi connectivity index (χ0) is 11.6. The van der Waals surface area contributed by atoms with E-state index in [0.29, 0.717) is 0 Å². The Morgan fingerprint density at radius 1 is 1.40 bits per heavy atom. The first-order valence-corrected chi connectivity index (χ1v) is 4.25. The highest BCUT2D eigenvalue weighted by atomic mass is 19.4. The van der Waals surface area contributed by atoms with Crippen molar-refractivity contribution < 1.29 is 18.0 Å². The molecule has 2 nitrogen and oxygen atoms in total. The number of anilines is 1. The predicted molar refractivity (Wildman–Crippen MR) is 50.6 cm³/mol. The third-order valence-corrected chi connectivity index (χ3v) is 1.90. The fraction of sp³-hybridized carbons (Fsp3) is 0.300. The Balaban J connectivity index is 2.97. The molecule has 0 heterocycles. The van der Waals surface area contributed by atoms with Crippen molar-refractivity contribution in [2.24, 2.45) is 0 Å². The van der Waals surface area contributed by atoms with Crippen LogP contribution in [0.3, 0.4) is 0 Å². The van der Waals surface area contributed by atoms with Crippen molar-refractivity contribution >= 4 is 11.5 Å². The average molecular weight is 217 g/mol. The lowest BCUT2D eigenvalue weighted by atomic mass is 10.0. The zero-order valence-corrected chi connectivity index (χ0v) is 8.06. The van der Waals surface area contributed by atoms with E-state index in [1.165, 1.54) is 25.1 Å². The Morgan fingerprint density at radius 2 is 2.00 bits per heavy atom. The summed E-state index contributed by atoms with van der Waals surface area (Å²) in [5, 5.41) is 0. The molecular formula is C10H10F3NO. The van der Waals surface area contributed by atoms with E-state index < -0.39 is 12.6 Å². The molecule has 1 aromatic rings. The SMILES string of the molecule is CC(=O)c1ccc(CC(F)(F)F)cc1N. The van der Waals surface area contributed by atoms with Crippen LogP contribution in [0, 0.1) is 0 Å². The van der Waals surface area contributed by atoms with Crippen LogP contribution in [0.1, 0.15) is 22.8 Å². The molecule has 0 saturated carbocycles. The van der Waals surface area contributed by atoms with Gasteiger partial charge >= 0.3 is 6.18 Å². The van der Waals surface area contributed by atoms with Crippen LogP contribution in [0.5, 0.6) is 0 Å². The van der Waals surface area contributed by atoms with Crippen LogP contribution in [-0.2, 0) is 6.42 Å². The Morgan fingerprint density at radius 3 is 2.40 bits per heavy atom. The first-order valence-electron chi connectivity index (χ1n) is 4.25. The van der Waals surface area contributed by atoms with E-state index in [0.717, 1.165) is 0 Å². The van der Waals surface area contributed by atoms with Crippen LogP contribution in [0.15, 0.2) is 18.2 Å². The van der Waals surface area contributed by atoms with Crippen molar-refractivity contribution in [2.75, 3.05) is 5.73 Å². The van der Waals surface area contributed by atoms with Crippen molar-refractivity contribution in [2.45, 2.75) is 19.5 Å². The summed E-state index contributed by atoms with van der Waals surface area (Å²) in [5.74, 6) is -0.258. The van der Waals surface area contributed by atoms with Gasteiger partial charge in [0.25, 0.3) is 0 Å². The van der Waals surface area contributed by atoms with Crippen molar-refractivity contribution in [3.05, 3.63) is 29.3 Å². The number of nitrogen functional groups attached to an aromatic ring is 1. The highest BCUT2D eigenvalue weighted by Crippen LogP contribution is 2.23. The van der Waals surface area contributed by atoms with E-state index in [1.807, 2.05) is 0 Å². The summed E-state index contributed by atoms with van der Waals surface area (Å²) >= 11 is 0. The standard InChI is InChI=1S/C10H10F3NO/c1-6(15)8-3-2-7(4-9(8)14)5-10(11,12)13/h2-4H,5,14H2,1H3. The van der Waals surface area contributed by atoms with Gasteiger partial charge in [-0.1, -0.05) is 6.07 Å². The molecule has 0 atom stereocenters. The van der Waals surface area contributed by atoms with Crippen LogP contribution in [0.25, 0.3) is 0 Å². The van der Waals surface area contributed by atoms with Crippen LogP contribution >= 0.6 is 0 Å². The monoisotopic (exact) mass is 217 g/mol. The fourth-order valence-electron chi connectivity index (χ4n) is 1.27. The average Bonchev–Trinajstić information content (AvgIpc) is 1.99. The second kappa shape index (κ2) is 3.92. The number of carbonyl (C=O) groups excluding carboxylic acids is 1. The minimum absolute atomic E-state index is 0.0602. The summed E-state index contributed by atoms with van der Waals surface area (Å²) in [5.41, 5.74) is 5.85. The summed E-state index contributed by atoms with van der Waals surface area (Å²) in [7, 11) is 0. The van der Waals surface area contributed by atoms with Gasteiger partial charge in [0, 0.05) is 11.3 Å². The van der Waals surface area contributed by atoms with E-state index in [9.17, 15) is 18.0 Å². The van der Waals surface area contributed by atoms with E-state index in [1.54, 1.807) is 0 Å². The molecule has 0 aliphatic heterocycles. The molecule has 0 aromatic heterocycles. The van der Waals surface area contributed by atoms with Gasteiger partial charge in [0.2, 0.25) is 0 Å². The zero-order valence-electron chi connectivity index (χ0n) is 8.06. The molecule has 5 heteroatoms. The van der Waals surface area contributed by atoms with Gasteiger partial charge in [-0.15, -0.1) is 0 Å². The molecule has 0 aliphatic carbocycles. The van der Waals surface area contributed by atoms with E-state index in [2.05, 4.69) is 0 Å². The van der Waals surface area contributed by atoms with E-state index in [-0.39, 0.29) is 22.6 Å². The molecule has 1 aromatic carbocycles. The lowest BCUT2D eigenvalue weighted by molar-refractivity contribution is -0.127. The number of Topliss-reactive ketones (excluding diaryl/α,β-unsaturated/α-hetero) is 1. The van der Waals surface area contributed by atoms with Crippen molar-refractivity contribution in [3.63, 3.8) is 0 Å². The lowest BCUT2D eigenvalue weighted by Crippen LogP contribution is -2.12. The van der Waals surface area contributed by atoms with Crippen LogP contribution in [-0.4, -0.2) is 12.0 Å². The van der Waals surface area contributed by atoms with Gasteiger partial charge in [-0.3, -0.25) is 4.79 Å². The molecule has 0 aliphatic rings. The molecule has 1 rings (SSSR count). The molecule has 0 radical (unpaired) electrons. The minimum Gasteiger partial charge on any atom is -0.398 e. The molecule has 0 fully saturated rings. The fourth-order valence-corrected chi connectivity index (χ4v) is 1.27. The smallest absolute Gasteiger partial charge is 0.393 e. The van der Waals surface area contributed by atoms with Gasteiger partial charge in [0.15, 0.2) is 5.78 Å². The number of carbonyl (C=O) groups is 1. The van der Waals surface area contributed by atoms with Gasteiger partial charge in [-0.2, -0.15) is 13.2 Å². The van der Waals surface area contributed by atoms with E-state index >= 15 is 0 Å². The second-order valence-corrected chi connectivity index (χ2v) is 3.27. The molecule has 2 N–H and O–H groups in total. The van der Waals surface area contributed by atoms with Gasteiger partial charge in [0.05, 0.1) is 6.42 Å². The number of alkyl halides is 3. The Hall–Kier alpha value is -1.52. The highest BCUT2D eigenvalue weighted by molar-refractivity contribution is 5.99. The summed E-state index contributed by atoms with van der Waals surface area (Å²) < 4.78 is 36.1.